The summed E-state index contributed by atoms with van der Waals surface area (Å²) in [6, 6.07) is 9.90. The minimum absolute atomic E-state index is 0.00517. The Bertz CT molecular complexity index is 1190. The summed E-state index contributed by atoms with van der Waals surface area (Å²) in [6.07, 6.45) is 0.00517. The van der Waals surface area contributed by atoms with Gasteiger partial charge in [0.25, 0.3) is 0 Å². The average Bonchev–Trinajstić information content (AvgIpc) is 3.08. The molecule has 0 saturated carbocycles. The predicted octanol–water partition coefficient (Wildman–Crippen LogP) is 5.50. The highest BCUT2D eigenvalue weighted by atomic mass is 35.5. The Morgan fingerprint density at radius 2 is 1.75 bits per heavy atom. The van der Waals surface area contributed by atoms with Gasteiger partial charge in [0, 0.05) is 32.6 Å². The van der Waals surface area contributed by atoms with Crippen molar-refractivity contribution in [1.82, 2.24) is 0 Å². The fourth-order valence-corrected chi connectivity index (χ4v) is 6.38. The Labute approximate surface area is 174 Å². The van der Waals surface area contributed by atoms with Crippen LogP contribution in [0, 0.1) is 5.82 Å². The van der Waals surface area contributed by atoms with Crippen molar-refractivity contribution in [3.63, 3.8) is 0 Å². The zero-order valence-electron chi connectivity index (χ0n) is 14.1. The number of carbonyl (C=O) groups is 1. The first-order valence-corrected chi connectivity index (χ1v) is 11.3. The van der Waals surface area contributed by atoms with E-state index >= 15 is 0 Å². The van der Waals surface area contributed by atoms with Gasteiger partial charge in [0.1, 0.15) is 10.7 Å². The van der Waals surface area contributed by atoms with Crippen molar-refractivity contribution in [2.24, 2.45) is 0 Å². The SMILES string of the molecule is O=C1CC(c2cc(Cl)ccc2F)c2scc(S(=O)(=O)c3ccc(Cl)cc3)c2N1. The Morgan fingerprint density at radius 3 is 2.46 bits per heavy atom. The molecule has 2 aromatic carbocycles. The first-order chi connectivity index (χ1) is 13.3. The first-order valence-electron chi connectivity index (χ1n) is 8.14. The molecule has 0 aliphatic carbocycles. The summed E-state index contributed by atoms with van der Waals surface area (Å²) in [4.78, 5) is 12.9. The number of rotatable bonds is 3. The minimum atomic E-state index is -3.88. The lowest BCUT2D eigenvalue weighted by Gasteiger charge is -2.24. The van der Waals surface area contributed by atoms with Gasteiger partial charge in [-0.1, -0.05) is 23.2 Å². The third kappa shape index (κ3) is 3.33. The van der Waals surface area contributed by atoms with Gasteiger partial charge >= 0.3 is 0 Å². The van der Waals surface area contributed by atoms with Crippen LogP contribution < -0.4 is 5.32 Å². The van der Waals surface area contributed by atoms with Crippen molar-refractivity contribution in [1.29, 1.82) is 0 Å². The number of amides is 1. The highest BCUT2D eigenvalue weighted by Crippen LogP contribution is 2.46. The molecule has 9 heteroatoms. The van der Waals surface area contributed by atoms with Gasteiger partial charge in [-0.3, -0.25) is 4.79 Å². The van der Waals surface area contributed by atoms with Crippen LogP contribution in [-0.2, 0) is 14.6 Å². The minimum Gasteiger partial charge on any atom is -0.324 e. The van der Waals surface area contributed by atoms with Crippen molar-refractivity contribution in [2.75, 3.05) is 5.32 Å². The molecule has 1 amide bonds. The molecule has 1 aromatic heterocycles. The third-order valence-electron chi connectivity index (χ3n) is 4.50. The van der Waals surface area contributed by atoms with Gasteiger partial charge in [0.05, 0.1) is 10.6 Å². The maximum absolute atomic E-state index is 14.4. The smallest absolute Gasteiger partial charge is 0.225 e. The van der Waals surface area contributed by atoms with E-state index in [2.05, 4.69) is 5.32 Å². The van der Waals surface area contributed by atoms with E-state index in [9.17, 15) is 17.6 Å². The number of anilines is 1. The molecular formula is C19H12Cl2FNO3S2. The molecule has 0 saturated heterocycles. The van der Waals surface area contributed by atoms with E-state index in [0.29, 0.717) is 14.9 Å². The lowest BCUT2D eigenvalue weighted by Crippen LogP contribution is -2.24. The summed E-state index contributed by atoms with van der Waals surface area (Å²) < 4.78 is 40.5. The van der Waals surface area contributed by atoms with Crippen molar-refractivity contribution in [3.05, 3.63) is 74.1 Å². The largest absolute Gasteiger partial charge is 0.324 e. The summed E-state index contributed by atoms with van der Waals surface area (Å²) in [5, 5.41) is 4.86. The van der Waals surface area contributed by atoms with E-state index in [1.54, 1.807) is 0 Å². The monoisotopic (exact) mass is 455 g/mol. The second-order valence-electron chi connectivity index (χ2n) is 6.27. The second kappa shape index (κ2) is 7.15. The zero-order chi connectivity index (χ0) is 20.1. The van der Waals surface area contributed by atoms with Crippen molar-refractivity contribution in [3.8, 4) is 0 Å². The summed E-state index contributed by atoms with van der Waals surface area (Å²) in [5.41, 5.74) is 0.460. The summed E-state index contributed by atoms with van der Waals surface area (Å²) in [7, 11) is -3.88. The molecule has 4 nitrogen and oxygen atoms in total. The molecule has 1 unspecified atom stereocenters. The predicted molar refractivity (Wildman–Crippen MR) is 108 cm³/mol. The van der Waals surface area contributed by atoms with Gasteiger partial charge in [-0.2, -0.15) is 0 Å². The number of hydrogen-bond acceptors (Lipinski definition) is 4. The van der Waals surface area contributed by atoms with Gasteiger partial charge in [-0.15, -0.1) is 11.3 Å². The van der Waals surface area contributed by atoms with Crippen molar-refractivity contribution in [2.45, 2.75) is 22.1 Å². The van der Waals surface area contributed by atoms with E-state index < -0.39 is 21.6 Å². The Kier molecular flexibility index (Phi) is 4.95. The number of carbonyl (C=O) groups excluding carboxylic acids is 1. The average molecular weight is 456 g/mol. The molecule has 0 spiro atoms. The van der Waals surface area contributed by atoms with Crippen LogP contribution in [0.2, 0.25) is 10.0 Å². The lowest BCUT2D eigenvalue weighted by molar-refractivity contribution is -0.116. The van der Waals surface area contributed by atoms with Crippen LogP contribution in [0.4, 0.5) is 10.1 Å². The summed E-state index contributed by atoms with van der Waals surface area (Å²) >= 11 is 13.0. The van der Waals surface area contributed by atoms with Crippen LogP contribution in [0.3, 0.4) is 0 Å². The molecular weight excluding hydrogens is 444 g/mol. The number of hydrogen-bond donors (Lipinski definition) is 1. The summed E-state index contributed by atoms with van der Waals surface area (Å²) in [5.74, 6) is -1.49. The van der Waals surface area contributed by atoms with E-state index in [1.807, 2.05) is 0 Å². The van der Waals surface area contributed by atoms with E-state index in [4.69, 9.17) is 23.2 Å². The standard InChI is InChI=1S/C19H12Cl2FNO3S2/c20-10-1-4-12(5-2-10)28(25,26)16-9-27-19-14(8-17(24)23-18(16)19)13-7-11(21)3-6-15(13)22/h1-7,9,14H,8H2,(H,23,24). The molecule has 3 aromatic rings. The number of fused-ring (bicyclic) bond motifs is 1. The molecule has 0 bridgehead atoms. The molecule has 4 rings (SSSR count). The Hall–Kier alpha value is -1.93. The van der Waals surface area contributed by atoms with Crippen LogP contribution in [0.1, 0.15) is 22.8 Å². The number of sulfone groups is 1. The molecule has 1 aliphatic heterocycles. The van der Waals surface area contributed by atoms with Gasteiger partial charge < -0.3 is 5.32 Å². The van der Waals surface area contributed by atoms with E-state index in [1.165, 1.54) is 59.2 Å². The second-order valence-corrected chi connectivity index (χ2v) is 9.97. The van der Waals surface area contributed by atoms with Gasteiger partial charge in [0.15, 0.2) is 0 Å². The quantitative estimate of drug-likeness (QED) is 0.566. The molecule has 1 N–H and O–H groups in total. The maximum Gasteiger partial charge on any atom is 0.225 e. The normalized spacial score (nSPS) is 16.5. The van der Waals surface area contributed by atoms with Crippen LogP contribution in [-0.4, -0.2) is 14.3 Å². The van der Waals surface area contributed by atoms with Gasteiger partial charge in [-0.05, 0) is 48.0 Å². The number of benzene rings is 2. The first kappa shape index (κ1) is 19.4. The molecule has 0 radical (unpaired) electrons. The van der Waals surface area contributed by atoms with Crippen LogP contribution in [0.15, 0.2) is 57.6 Å². The number of halogens is 3. The van der Waals surface area contributed by atoms with Gasteiger partial charge in [-0.25, -0.2) is 12.8 Å². The molecule has 2 heterocycles. The molecule has 1 aliphatic rings. The molecule has 144 valence electrons. The van der Waals surface area contributed by atoms with Gasteiger partial charge in [0.2, 0.25) is 15.7 Å². The number of thiophene rings is 1. The third-order valence-corrected chi connectivity index (χ3v) is 8.03. The fourth-order valence-electron chi connectivity index (χ4n) is 3.18. The number of nitrogens with one attached hydrogen (secondary N) is 1. The van der Waals surface area contributed by atoms with E-state index in [0.717, 1.165) is 0 Å². The molecule has 28 heavy (non-hydrogen) atoms. The Balaban J connectivity index is 1.85. The van der Waals surface area contributed by atoms with Crippen LogP contribution >= 0.6 is 34.5 Å². The van der Waals surface area contributed by atoms with Crippen LogP contribution in [0.25, 0.3) is 0 Å². The van der Waals surface area contributed by atoms with Crippen molar-refractivity contribution < 1.29 is 17.6 Å². The topological polar surface area (TPSA) is 63.2 Å². The Morgan fingerprint density at radius 1 is 1.07 bits per heavy atom. The van der Waals surface area contributed by atoms with Crippen LogP contribution in [0.5, 0.6) is 0 Å². The maximum atomic E-state index is 14.4. The molecule has 0 fully saturated rings. The fraction of sp³-hybridized carbons (Fsp3) is 0.105. The zero-order valence-corrected chi connectivity index (χ0v) is 17.2. The highest BCUT2D eigenvalue weighted by molar-refractivity contribution is 7.91. The summed E-state index contributed by atoms with van der Waals surface area (Å²) in [6.45, 7) is 0. The molecule has 1 atom stereocenters. The van der Waals surface area contributed by atoms with Crippen molar-refractivity contribution >= 4 is 56.0 Å². The van der Waals surface area contributed by atoms with E-state index in [-0.39, 0.29) is 33.4 Å². The lowest BCUT2D eigenvalue weighted by atomic mass is 9.90. The highest BCUT2D eigenvalue weighted by Gasteiger charge is 2.35.